The first-order chi connectivity index (χ1) is 16.2. The minimum atomic E-state index is -4.78. The summed E-state index contributed by atoms with van der Waals surface area (Å²) in [6.07, 6.45) is 0.748. The van der Waals surface area contributed by atoms with E-state index in [1.54, 1.807) is 23.5 Å². The van der Waals surface area contributed by atoms with Gasteiger partial charge in [0, 0.05) is 43.5 Å². The van der Waals surface area contributed by atoms with E-state index in [4.69, 9.17) is 0 Å². The Balaban J connectivity index is 1.55. The number of benzene rings is 1. The number of pyridine rings is 1. The zero-order valence-electron chi connectivity index (χ0n) is 20.4. The van der Waals surface area contributed by atoms with Gasteiger partial charge in [0.1, 0.15) is 0 Å². The number of sulfonamides is 1. The highest BCUT2D eigenvalue weighted by molar-refractivity contribution is 7.88. The van der Waals surface area contributed by atoms with E-state index in [0.717, 1.165) is 36.5 Å². The first kappa shape index (κ1) is 26.1. The number of fused-ring (bicyclic) bond motifs is 2. The Labute approximate surface area is 204 Å². The normalized spacial score (nSPS) is 23.4. The molecule has 2 aliphatic rings. The molecule has 3 unspecified atom stereocenters. The van der Waals surface area contributed by atoms with Gasteiger partial charge in [0.2, 0.25) is 10.0 Å². The summed E-state index contributed by atoms with van der Waals surface area (Å²) in [6.45, 7) is 6.52. The number of halogens is 3. The molecular formula is C25H32F3N3O3S. The maximum Gasteiger partial charge on any atom is 0.421 e. The first-order valence-corrected chi connectivity index (χ1v) is 13.7. The highest BCUT2D eigenvalue weighted by Crippen LogP contribution is 2.40. The number of hydrogen-bond donors (Lipinski definition) is 1. The van der Waals surface area contributed by atoms with Gasteiger partial charge in [-0.15, -0.1) is 0 Å². The molecular weight excluding hydrogens is 479 g/mol. The van der Waals surface area contributed by atoms with E-state index in [1.165, 1.54) is 18.4 Å². The molecule has 1 aromatic carbocycles. The van der Waals surface area contributed by atoms with Crippen molar-refractivity contribution >= 4 is 10.0 Å². The van der Waals surface area contributed by atoms with Crippen molar-refractivity contribution in [3.63, 3.8) is 0 Å². The summed E-state index contributed by atoms with van der Waals surface area (Å²) in [5.41, 5.74) is 0.927. The zero-order chi connectivity index (χ0) is 25.8. The van der Waals surface area contributed by atoms with Crippen molar-refractivity contribution in [2.45, 2.75) is 70.4 Å². The Hall–Kier alpha value is -2.01. The van der Waals surface area contributed by atoms with Gasteiger partial charge in [-0.3, -0.25) is 9.88 Å². The van der Waals surface area contributed by atoms with Gasteiger partial charge in [-0.1, -0.05) is 31.2 Å². The summed E-state index contributed by atoms with van der Waals surface area (Å²) in [7, 11) is -3.21. The molecule has 10 heteroatoms. The second kappa shape index (κ2) is 9.14. The second-order valence-electron chi connectivity index (χ2n) is 9.98. The largest absolute Gasteiger partial charge is 0.421 e. The lowest BCUT2D eigenvalue weighted by Crippen LogP contribution is -2.54. The highest BCUT2D eigenvalue weighted by atomic mass is 32.2. The number of aryl methyl sites for hydroxylation is 2. The molecule has 2 aromatic rings. The van der Waals surface area contributed by atoms with Crippen LogP contribution in [0.2, 0.25) is 0 Å². The number of rotatable bonds is 6. The zero-order valence-corrected chi connectivity index (χ0v) is 21.2. The molecule has 2 fully saturated rings. The van der Waals surface area contributed by atoms with Crippen molar-refractivity contribution in [3.8, 4) is 11.3 Å². The SMILES string of the molecule is CCc1cc(CN2CC3CCC(C2)N3S(C)(=O)=O)cnc1-c1ccc(C(C)(O)C(F)(F)F)cc1C. The minimum absolute atomic E-state index is 0.0108. The van der Waals surface area contributed by atoms with E-state index in [9.17, 15) is 26.7 Å². The maximum atomic E-state index is 13.3. The fourth-order valence-corrected chi connectivity index (χ4v) is 6.86. The maximum absolute atomic E-state index is 13.3. The van der Waals surface area contributed by atoms with Gasteiger partial charge < -0.3 is 5.11 Å². The van der Waals surface area contributed by atoms with E-state index >= 15 is 0 Å². The molecule has 2 saturated heterocycles. The lowest BCUT2D eigenvalue weighted by atomic mass is 9.90. The molecule has 3 atom stereocenters. The predicted octanol–water partition coefficient (Wildman–Crippen LogP) is 4.00. The van der Waals surface area contributed by atoms with E-state index in [-0.39, 0.29) is 17.6 Å². The Morgan fingerprint density at radius 1 is 1.14 bits per heavy atom. The van der Waals surface area contributed by atoms with Crippen molar-refractivity contribution in [1.29, 1.82) is 0 Å². The summed E-state index contributed by atoms with van der Waals surface area (Å²) in [6, 6.07) is 6.37. The van der Waals surface area contributed by atoms with Gasteiger partial charge in [0.25, 0.3) is 0 Å². The molecule has 3 heterocycles. The van der Waals surface area contributed by atoms with Crippen LogP contribution >= 0.6 is 0 Å². The number of hydrogen-bond acceptors (Lipinski definition) is 5. The summed E-state index contributed by atoms with van der Waals surface area (Å²) in [4.78, 5) is 6.95. The fraction of sp³-hybridized carbons (Fsp3) is 0.560. The fourth-order valence-electron chi connectivity index (χ4n) is 5.43. The molecule has 1 N–H and O–H groups in total. The Morgan fingerprint density at radius 2 is 1.77 bits per heavy atom. The van der Waals surface area contributed by atoms with E-state index < -0.39 is 21.8 Å². The number of piperazine rings is 1. The predicted molar refractivity (Wildman–Crippen MR) is 128 cm³/mol. The molecule has 2 bridgehead atoms. The Morgan fingerprint density at radius 3 is 2.29 bits per heavy atom. The van der Waals surface area contributed by atoms with Crippen LogP contribution in [-0.2, 0) is 28.6 Å². The van der Waals surface area contributed by atoms with E-state index in [2.05, 4.69) is 16.0 Å². The van der Waals surface area contributed by atoms with Crippen LogP contribution in [0.5, 0.6) is 0 Å². The molecule has 192 valence electrons. The van der Waals surface area contributed by atoms with Crippen molar-refractivity contribution < 1.29 is 26.7 Å². The average Bonchev–Trinajstić information content (AvgIpc) is 3.05. The lowest BCUT2D eigenvalue weighted by molar-refractivity contribution is -0.258. The van der Waals surface area contributed by atoms with Crippen LogP contribution in [0.3, 0.4) is 0 Å². The van der Waals surface area contributed by atoms with Crippen LogP contribution in [0.25, 0.3) is 11.3 Å². The molecule has 0 radical (unpaired) electrons. The molecule has 0 spiro atoms. The van der Waals surface area contributed by atoms with Crippen molar-refractivity contribution in [1.82, 2.24) is 14.2 Å². The summed E-state index contributed by atoms with van der Waals surface area (Å²) < 4.78 is 65.8. The molecule has 6 nitrogen and oxygen atoms in total. The van der Waals surface area contributed by atoms with Gasteiger partial charge in [-0.25, -0.2) is 8.42 Å². The lowest BCUT2D eigenvalue weighted by Gasteiger charge is -2.39. The third kappa shape index (κ3) is 4.98. The van der Waals surface area contributed by atoms with Gasteiger partial charge in [-0.05, 0) is 55.4 Å². The van der Waals surface area contributed by atoms with Gasteiger partial charge in [-0.2, -0.15) is 17.5 Å². The summed E-state index contributed by atoms with van der Waals surface area (Å²) >= 11 is 0. The van der Waals surface area contributed by atoms with Crippen LogP contribution in [0.4, 0.5) is 13.2 Å². The van der Waals surface area contributed by atoms with Crippen molar-refractivity contribution in [3.05, 3.63) is 52.7 Å². The molecule has 1 aromatic heterocycles. The average molecular weight is 512 g/mol. The molecule has 0 saturated carbocycles. The summed E-state index contributed by atoms with van der Waals surface area (Å²) in [5, 5.41) is 10.0. The molecule has 4 rings (SSSR count). The number of alkyl halides is 3. The van der Waals surface area contributed by atoms with Crippen LogP contribution in [0.1, 0.15) is 48.9 Å². The molecule has 35 heavy (non-hydrogen) atoms. The number of aliphatic hydroxyl groups is 1. The number of likely N-dealkylation sites (tertiary alicyclic amines) is 1. The second-order valence-corrected chi connectivity index (χ2v) is 11.9. The van der Waals surface area contributed by atoms with Gasteiger partial charge in [0.15, 0.2) is 5.60 Å². The molecule has 0 amide bonds. The minimum Gasteiger partial charge on any atom is -0.376 e. The van der Waals surface area contributed by atoms with Gasteiger partial charge in [0.05, 0.1) is 11.9 Å². The molecule has 0 aliphatic carbocycles. The number of aromatic nitrogens is 1. The first-order valence-electron chi connectivity index (χ1n) is 11.8. The Bertz CT molecular complexity index is 1200. The standard InChI is InChI=1S/C25H32F3N3O3S/c1-5-18-11-17(13-30-14-20-7-8-21(15-30)31(20)35(4,33)34)12-29-23(18)22-9-6-19(10-16(22)2)24(3,32)25(26,27)28/h6,9-12,20-21,32H,5,7-8,13-15H2,1-4H3. The molecule has 2 aliphatic heterocycles. The van der Waals surface area contributed by atoms with Crippen LogP contribution in [0.15, 0.2) is 30.5 Å². The van der Waals surface area contributed by atoms with E-state index in [1.807, 2.05) is 6.92 Å². The van der Waals surface area contributed by atoms with Crippen molar-refractivity contribution in [2.24, 2.45) is 0 Å². The third-order valence-corrected chi connectivity index (χ3v) is 8.64. The summed E-state index contributed by atoms with van der Waals surface area (Å²) in [5.74, 6) is 0. The highest BCUT2D eigenvalue weighted by Gasteiger charge is 2.51. The van der Waals surface area contributed by atoms with Crippen LogP contribution in [0, 0.1) is 6.92 Å². The third-order valence-electron chi connectivity index (χ3n) is 7.28. The number of nitrogens with zero attached hydrogens (tertiary/aromatic N) is 3. The van der Waals surface area contributed by atoms with Gasteiger partial charge >= 0.3 is 6.18 Å². The smallest absolute Gasteiger partial charge is 0.376 e. The van der Waals surface area contributed by atoms with Crippen molar-refractivity contribution in [2.75, 3.05) is 19.3 Å². The topological polar surface area (TPSA) is 73.7 Å². The monoisotopic (exact) mass is 511 g/mol. The Kier molecular flexibility index (Phi) is 6.80. The quantitative estimate of drug-likeness (QED) is 0.635. The van der Waals surface area contributed by atoms with Crippen LogP contribution in [-0.4, -0.2) is 65.3 Å². The van der Waals surface area contributed by atoms with E-state index in [0.29, 0.717) is 37.3 Å². The van der Waals surface area contributed by atoms with Crippen LogP contribution < -0.4 is 0 Å².